The Balaban J connectivity index is 1.67. The third-order valence-corrected chi connectivity index (χ3v) is 7.24. The minimum absolute atomic E-state index is 0.0260. The van der Waals surface area contributed by atoms with Crippen LogP contribution < -0.4 is 10.9 Å². The second-order valence-corrected chi connectivity index (χ2v) is 10.0. The normalized spacial score (nSPS) is 15.3. The average Bonchev–Trinajstić information content (AvgIpc) is 3.24. The number of likely N-dealkylation sites (N-methyl/N-ethyl adjacent to an activating group) is 1. The zero-order valence-electron chi connectivity index (χ0n) is 21.6. The van der Waals surface area contributed by atoms with Crippen LogP contribution in [0, 0.1) is 6.92 Å². The number of aromatic amines is 1. The molecule has 0 unspecified atom stereocenters. The van der Waals surface area contributed by atoms with E-state index in [1.165, 1.54) is 16.5 Å². The third kappa shape index (κ3) is 5.36. The molecule has 0 spiro atoms. The number of methoxy groups -OCH3 is 1. The number of benzene rings is 1. The predicted octanol–water partition coefficient (Wildman–Crippen LogP) is 4.00. The Morgan fingerprint density at radius 3 is 2.63 bits per heavy atom. The predicted molar refractivity (Wildman–Crippen MR) is 141 cm³/mol. The minimum Gasteiger partial charge on any atom is -0.383 e. The Kier molecular flexibility index (Phi) is 7.77. The topological polar surface area (TPSA) is 79.4 Å². The van der Waals surface area contributed by atoms with Crippen LogP contribution in [-0.2, 0) is 16.1 Å². The van der Waals surface area contributed by atoms with Gasteiger partial charge in [-0.2, -0.15) is 0 Å². The molecule has 1 fully saturated rings. The van der Waals surface area contributed by atoms with E-state index in [0.717, 1.165) is 48.3 Å². The molecule has 1 saturated heterocycles. The number of aromatic nitrogens is 2. The van der Waals surface area contributed by atoms with Gasteiger partial charge in [0.25, 0.3) is 5.56 Å². The third-order valence-electron chi connectivity index (χ3n) is 7.24. The van der Waals surface area contributed by atoms with Gasteiger partial charge in [0, 0.05) is 48.9 Å². The summed E-state index contributed by atoms with van der Waals surface area (Å²) in [5, 5.41) is 3.98. The number of piperidine rings is 1. The van der Waals surface area contributed by atoms with Gasteiger partial charge in [0.1, 0.15) is 0 Å². The van der Waals surface area contributed by atoms with E-state index in [2.05, 4.69) is 47.2 Å². The highest BCUT2D eigenvalue weighted by Gasteiger charge is 2.24. The molecule has 35 heavy (non-hydrogen) atoms. The number of amides is 1. The second kappa shape index (κ2) is 10.8. The average molecular weight is 479 g/mol. The van der Waals surface area contributed by atoms with Crippen molar-refractivity contribution in [1.29, 1.82) is 0 Å². The number of nitrogens with one attached hydrogen (secondary N) is 2. The van der Waals surface area contributed by atoms with E-state index >= 15 is 0 Å². The van der Waals surface area contributed by atoms with Gasteiger partial charge >= 0.3 is 0 Å². The highest BCUT2D eigenvalue weighted by molar-refractivity contribution is 5.92. The van der Waals surface area contributed by atoms with Crippen molar-refractivity contribution in [3.05, 3.63) is 57.5 Å². The summed E-state index contributed by atoms with van der Waals surface area (Å²) in [6.07, 6.45) is 4.06. The summed E-state index contributed by atoms with van der Waals surface area (Å²) in [6, 6.07) is 8.80. The zero-order valence-corrected chi connectivity index (χ0v) is 21.6. The van der Waals surface area contributed by atoms with Crippen molar-refractivity contribution in [2.45, 2.75) is 52.0 Å². The molecular formula is C28H38N4O3. The van der Waals surface area contributed by atoms with Crippen molar-refractivity contribution in [3.8, 4) is 11.3 Å². The Bertz CT molecular complexity index is 1250. The van der Waals surface area contributed by atoms with Gasteiger partial charge in [-0.25, -0.2) is 0 Å². The fraction of sp³-hybridized carbons (Fsp3) is 0.500. The summed E-state index contributed by atoms with van der Waals surface area (Å²) in [5.41, 5.74) is 6.65. The van der Waals surface area contributed by atoms with Crippen molar-refractivity contribution in [1.82, 2.24) is 19.8 Å². The Morgan fingerprint density at radius 1 is 1.23 bits per heavy atom. The number of likely N-dealkylation sites (tertiary alicyclic amines) is 1. The molecule has 1 aliphatic rings. The Morgan fingerprint density at radius 2 is 1.97 bits per heavy atom. The van der Waals surface area contributed by atoms with Crippen molar-refractivity contribution < 1.29 is 9.53 Å². The summed E-state index contributed by atoms with van der Waals surface area (Å²) < 4.78 is 6.96. The molecule has 1 aliphatic heterocycles. The lowest BCUT2D eigenvalue weighted by atomic mass is 9.87. The molecule has 0 bridgehead atoms. The second-order valence-electron chi connectivity index (χ2n) is 10.0. The number of H-pyrrole nitrogens is 1. The first kappa shape index (κ1) is 25.2. The quantitative estimate of drug-likeness (QED) is 0.513. The lowest BCUT2D eigenvalue weighted by Gasteiger charge is -2.31. The fourth-order valence-electron chi connectivity index (χ4n) is 5.30. The maximum atomic E-state index is 12.6. The van der Waals surface area contributed by atoms with E-state index in [1.807, 2.05) is 19.2 Å². The summed E-state index contributed by atoms with van der Waals surface area (Å²) in [5.74, 6) is 0.898. The van der Waals surface area contributed by atoms with Crippen molar-refractivity contribution in [3.63, 3.8) is 0 Å². The van der Waals surface area contributed by atoms with E-state index in [9.17, 15) is 9.59 Å². The summed E-state index contributed by atoms with van der Waals surface area (Å²) >= 11 is 0. The Hall–Kier alpha value is -2.90. The van der Waals surface area contributed by atoms with Crippen LogP contribution in [0.4, 0.5) is 0 Å². The first-order valence-corrected chi connectivity index (χ1v) is 12.6. The molecule has 2 aromatic heterocycles. The van der Waals surface area contributed by atoms with Gasteiger partial charge in [-0.3, -0.25) is 14.5 Å². The van der Waals surface area contributed by atoms with Gasteiger partial charge < -0.3 is 19.6 Å². The van der Waals surface area contributed by atoms with Gasteiger partial charge in [-0.05, 0) is 74.0 Å². The van der Waals surface area contributed by atoms with Crippen molar-refractivity contribution in [2.24, 2.45) is 0 Å². The number of hydrogen-bond acceptors (Lipinski definition) is 4. The van der Waals surface area contributed by atoms with Crippen LogP contribution in [0.25, 0.3) is 22.2 Å². The molecule has 3 aromatic rings. The first-order valence-electron chi connectivity index (χ1n) is 12.6. The van der Waals surface area contributed by atoms with Gasteiger partial charge in [-0.15, -0.1) is 0 Å². The molecule has 7 heteroatoms. The van der Waals surface area contributed by atoms with Gasteiger partial charge in [0.05, 0.1) is 18.8 Å². The fourth-order valence-corrected chi connectivity index (χ4v) is 5.30. The zero-order chi connectivity index (χ0) is 25.1. The molecule has 0 atom stereocenters. The van der Waals surface area contributed by atoms with Crippen LogP contribution in [0.2, 0.25) is 0 Å². The number of carbonyl (C=O) groups excluding carboxylic acids is 1. The van der Waals surface area contributed by atoms with E-state index in [4.69, 9.17) is 4.74 Å². The van der Waals surface area contributed by atoms with Crippen LogP contribution >= 0.6 is 0 Å². The molecule has 2 N–H and O–H groups in total. The van der Waals surface area contributed by atoms with Gasteiger partial charge in [0.15, 0.2) is 0 Å². The molecule has 0 aliphatic carbocycles. The molecular weight excluding hydrogens is 440 g/mol. The van der Waals surface area contributed by atoms with E-state index < -0.39 is 0 Å². The molecule has 1 aromatic carbocycles. The highest BCUT2D eigenvalue weighted by Crippen LogP contribution is 2.38. The number of nitrogens with zero attached hydrogens (tertiary/aromatic N) is 2. The van der Waals surface area contributed by atoms with Gasteiger partial charge in [-0.1, -0.05) is 19.9 Å². The lowest BCUT2D eigenvalue weighted by molar-refractivity contribution is -0.122. The number of ether oxygens (including phenoxy) is 1. The van der Waals surface area contributed by atoms with Crippen LogP contribution in [0.1, 0.15) is 55.2 Å². The highest BCUT2D eigenvalue weighted by atomic mass is 16.5. The molecule has 3 heterocycles. The number of hydrogen-bond donors (Lipinski definition) is 2. The smallest absolute Gasteiger partial charge is 0.253 e. The van der Waals surface area contributed by atoms with E-state index in [-0.39, 0.29) is 11.5 Å². The number of fused-ring (bicyclic) bond motifs is 1. The van der Waals surface area contributed by atoms with Crippen LogP contribution in [0.5, 0.6) is 0 Å². The molecule has 0 radical (unpaired) electrons. The van der Waals surface area contributed by atoms with Crippen molar-refractivity contribution >= 4 is 16.8 Å². The summed E-state index contributed by atoms with van der Waals surface area (Å²) in [6.45, 7) is 9.71. The van der Waals surface area contributed by atoms with Crippen LogP contribution in [0.15, 0.2) is 35.3 Å². The minimum atomic E-state index is 0.0260. The summed E-state index contributed by atoms with van der Waals surface area (Å²) in [7, 11) is 3.34. The number of carbonyl (C=O) groups is 1. The standard InChI is InChI=1S/C28H38N4O3/c1-18(2)26-23-15-21(20-8-10-31(11-9-20)17-25(33)29-4)6-7-24(23)30-27(26)22-14-19(3)28(34)32(16-22)12-13-35-5/h6-7,14-16,18,20,30H,8-13,17H2,1-5H3,(H,29,33). The summed E-state index contributed by atoms with van der Waals surface area (Å²) in [4.78, 5) is 30.3. The SMILES string of the molecule is CNC(=O)CN1CCC(c2ccc3[nH]c(-c4cc(C)c(=O)n(CCOC)c4)c(C(C)C)c3c2)CC1. The Labute approximate surface area is 207 Å². The largest absolute Gasteiger partial charge is 0.383 e. The molecule has 1 amide bonds. The monoisotopic (exact) mass is 478 g/mol. The van der Waals surface area contributed by atoms with E-state index in [0.29, 0.717) is 31.5 Å². The number of aryl methyl sites for hydroxylation is 1. The molecule has 7 nitrogen and oxygen atoms in total. The van der Waals surface area contributed by atoms with E-state index in [1.54, 1.807) is 18.7 Å². The molecule has 0 saturated carbocycles. The molecule has 188 valence electrons. The van der Waals surface area contributed by atoms with Gasteiger partial charge in [0.2, 0.25) is 5.91 Å². The van der Waals surface area contributed by atoms with Crippen LogP contribution in [-0.4, -0.2) is 60.8 Å². The maximum absolute atomic E-state index is 12.6. The first-order chi connectivity index (χ1) is 16.8. The molecule has 4 rings (SSSR count). The number of pyridine rings is 1. The number of rotatable bonds is 8. The van der Waals surface area contributed by atoms with Crippen LogP contribution in [0.3, 0.4) is 0 Å². The maximum Gasteiger partial charge on any atom is 0.253 e. The van der Waals surface area contributed by atoms with Crippen molar-refractivity contribution in [2.75, 3.05) is 40.4 Å². The lowest BCUT2D eigenvalue weighted by Crippen LogP contribution is -2.40.